The molecular formula is C18H16N4O2. The maximum atomic E-state index is 12.9. The largest absolute Gasteiger partial charge is 0.329 e. The quantitative estimate of drug-likeness (QED) is 0.904. The monoisotopic (exact) mass is 320 g/mol. The van der Waals surface area contributed by atoms with E-state index in [1.54, 1.807) is 17.3 Å². The fraction of sp³-hybridized carbons (Fsp3) is 0.167. The zero-order chi connectivity index (χ0) is 16.5. The number of carbonyl (C=O) groups is 2. The van der Waals surface area contributed by atoms with E-state index < -0.39 is 6.04 Å². The van der Waals surface area contributed by atoms with Crippen molar-refractivity contribution in [3.63, 3.8) is 0 Å². The molecule has 1 atom stereocenters. The first-order valence-electron chi connectivity index (χ1n) is 7.76. The molecular weight excluding hydrogens is 304 g/mol. The Balaban J connectivity index is 1.63. The van der Waals surface area contributed by atoms with E-state index in [2.05, 4.69) is 15.6 Å². The molecule has 0 saturated carbocycles. The van der Waals surface area contributed by atoms with Crippen molar-refractivity contribution < 1.29 is 9.59 Å². The highest BCUT2D eigenvalue weighted by molar-refractivity contribution is 6.01. The van der Waals surface area contributed by atoms with Crippen LogP contribution in [0.5, 0.6) is 0 Å². The minimum absolute atomic E-state index is 0.0600. The van der Waals surface area contributed by atoms with Crippen molar-refractivity contribution in [3.05, 3.63) is 77.3 Å². The van der Waals surface area contributed by atoms with Crippen molar-refractivity contribution in [2.75, 3.05) is 6.54 Å². The molecule has 4 rings (SSSR count). The van der Waals surface area contributed by atoms with Crippen LogP contribution in [0.15, 0.2) is 66.1 Å². The van der Waals surface area contributed by atoms with Crippen LogP contribution in [0, 0.1) is 0 Å². The molecule has 0 fully saturated rings. The molecule has 120 valence electrons. The fourth-order valence-electron chi connectivity index (χ4n) is 3.16. The Hall–Kier alpha value is -3.15. The van der Waals surface area contributed by atoms with E-state index in [0.717, 1.165) is 11.1 Å². The van der Waals surface area contributed by atoms with E-state index >= 15 is 0 Å². The molecule has 24 heavy (non-hydrogen) atoms. The van der Waals surface area contributed by atoms with Crippen LogP contribution in [0.1, 0.15) is 17.2 Å². The number of nitrogens with zero attached hydrogens (tertiary/aromatic N) is 2. The zero-order valence-electron chi connectivity index (χ0n) is 12.9. The van der Waals surface area contributed by atoms with Crippen LogP contribution in [-0.4, -0.2) is 28.4 Å². The number of rotatable bonds is 3. The molecule has 0 radical (unpaired) electrons. The molecule has 3 heterocycles. The minimum Gasteiger partial charge on any atom is -0.329 e. The van der Waals surface area contributed by atoms with Gasteiger partial charge in [-0.1, -0.05) is 36.4 Å². The van der Waals surface area contributed by atoms with E-state index in [4.69, 9.17) is 0 Å². The molecule has 1 aromatic carbocycles. The summed E-state index contributed by atoms with van der Waals surface area (Å²) in [6.45, 7) is 0.872. The Morgan fingerprint density at radius 2 is 1.96 bits per heavy atom. The summed E-state index contributed by atoms with van der Waals surface area (Å²) in [5.41, 5.74) is 3.16. The van der Waals surface area contributed by atoms with Gasteiger partial charge in [-0.15, -0.1) is 0 Å². The van der Waals surface area contributed by atoms with Gasteiger partial charge in [-0.05, 0) is 17.2 Å². The van der Waals surface area contributed by atoms with Crippen LogP contribution in [-0.2, 0) is 11.3 Å². The van der Waals surface area contributed by atoms with E-state index in [1.165, 1.54) is 0 Å². The molecule has 6 nitrogen and oxygen atoms in total. The van der Waals surface area contributed by atoms with Gasteiger partial charge in [0.05, 0.1) is 23.9 Å². The summed E-state index contributed by atoms with van der Waals surface area (Å²) in [7, 11) is 0. The van der Waals surface area contributed by atoms with Gasteiger partial charge in [0.15, 0.2) is 0 Å². The standard InChI is InChI=1S/C18H16N4O2/c23-17-15-14(11-22(17)10-12-5-4-8-19-9-12)20-18(24)21-16(15)13-6-2-1-3-7-13/h1-9,16H,10-11H2,(H2,20,21,24)/t16-/m0/s1. The van der Waals surface area contributed by atoms with E-state index in [-0.39, 0.29) is 11.9 Å². The highest BCUT2D eigenvalue weighted by atomic mass is 16.2. The van der Waals surface area contributed by atoms with Gasteiger partial charge in [-0.25, -0.2) is 4.79 Å². The summed E-state index contributed by atoms with van der Waals surface area (Å²) in [5.74, 6) is -0.0600. The van der Waals surface area contributed by atoms with Crippen LogP contribution in [0.3, 0.4) is 0 Å². The third-order valence-electron chi connectivity index (χ3n) is 4.25. The normalized spacial score (nSPS) is 19.8. The predicted molar refractivity (Wildman–Crippen MR) is 87.5 cm³/mol. The van der Waals surface area contributed by atoms with Gasteiger partial charge in [0.25, 0.3) is 5.91 Å². The van der Waals surface area contributed by atoms with Crippen molar-refractivity contribution in [1.82, 2.24) is 20.5 Å². The molecule has 2 aliphatic heterocycles. The molecule has 2 aromatic rings. The van der Waals surface area contributed by atoms with Crippen LogP contribution in [0.4, 0.5) is 4.79 Å². The molecule has 0 bridgehead atoms. The number of carbonyl (C=O) groups excluding carboxylic acids is 2. The summed E-state index contributed by atoms with van der Waals surface area (Å²) >= 11 is 0. The summed E-state index contributed by atoms with van der Waals surface area (Å²) in [5, 5.41) is 5.63. The average molecular weight is 320 g/mol. The Morgan fingerprint density at radius 3 is 2.71 bits per heavy atom. The van der Waals surface area contributed by atoms with Gasteiger partial charge in [0.2, 0.25) is 0 Å². The van der Waals surface area contributed by atoms with E-state index in [1.807, 2.05) is 42.5 Å². The minimum atomic E-state index is -0.415. The molecule has 0 aliphatic carbocycles. The van der Waals surface area contributed by atoms with Crippen LogP contribution in [0.2, 0.25) is 0 Å². The second-order valence-electron chi connectivity index (χ2n) is 5.86. The second kappa shape index (κ2) is 5.81. The van der Waals surface area contributed by atoms with Gasteiger partial charge in [-0.3, -0.25) is 9.78 Å². The lowest BCUT2D eigenvalue weighted by Crippen LogP contribution is -2.44. The third-order valence-corrected chi connectivity index (χ3v) is 4.25. The first-order valence-corrected chi connectivity index (χ1v) is 7.76. The lowest BCUT2D eigenvalue weighted by atomic mass is 9.96. The lowest BCUT2D eigenvalue weighted by Gasteiger charge is -2.25. The maximum absolute atomic E-state index is 12.9. The molecule has 1 aromatic heterocycles. The number of nitrogens with one attached hydrogen (secondary N) is 2. The van der Waals surface area contributed by atoms with Gasteiger partial charge >= 0.3 is 6.03 Å². The highest BCUT2D eigenvalue weighted by Crippen LogP contribution is 2.32. The number of urea groups is 1. The summed E-state index contributed by atoms with van der Waals surface area (Å²) < 4.78 is 0. The van der Waals surface area contributed by atoms with Crippen molar-refractivity contribution in [3.8, 4) is 0 Å². The molecule has 2 aliphatic rings. The van der Waals surface area contributed by atoms with Gasteiger partial charge in [0.1, 0.15) is 0 Å². The van der Waals surface area contributed by atoms with Crippen molar-refractivity contribution in [1.29, 1.82) is 0 Å². The summed E-state index contributed by atoms with van der Waals surface area (Å²) in [4.78, 5) is 30.7. The van der Waals surface area contributed by atoms with Gasteiger partial charge in [-0.2, -0.15) is 0 Å². The second-order valence-corrected chi connectivity index (χ2v) is 5.86. The van der Waals surface area contributed by atoms with Gasteiger partial charge in [0, 0.05) is 18.9 Å². The fourth-order valence-corrected chi connectivity index (χ4v) is 3.16. The summed E-state index contributed by atoms with van der Waals surface area (Å²) in [6.07, 6.45) is 3.45. The van der Waals surface area contributed by atoms with Crippen molar-refractivity contribution in [2.45, 2.75) is 12.6 Å². The lowest BCUT2D eigenvalue weighted by molar-refractivity contribution is -0.126. The number of hydrogen-bond acceptors (Lipinski definition) is 3. The van der Waals surface area contributed by atoms with Crippen LogP contribution in [0.25, 0.3) is 0 Å². The molecule has 2 N–H and O–H groups in total. The Morgan fingerprint density at radius 1 is 1.12 bits per heavy atom. The number of amides is 3. The maximum Gasteiger partial charge on any atom is 0.319 e. The topological polar surface area (TPSA) is 74.3 Å². The Labute approximate surface area is 139 Å². The number of benzene rings is 1. The first-order chi connectivity index (χ1) is 11.7. The molecule has 0 unspecified atom stereocenters. The predicted octanol–water partition coefficient (Wildman–Crippen LogP) is 1.73. The van der Waals surface area contributed by atoms with Crippen molar-refractivity contribution >= 4 is 11.9 Å². The first kappa shape index (κ1) is 14.4. The molecule has 0 spiro atoms. The van der Waals surface area contributed by atoms with E-state index in [9.17, 15) is 9.59 Å². The van der Waals surface area contributed by atoms with Crippen LogP contribution < -0.4 is 10.6 Å². The number of aromatic nitrogens is 1. The SMILES string of the molecule is O=C1NC2=C(C(=O)N(Cc3cccnc3)C2)[C@H](c2ccccc2)N1. The van der Waals surface area contributed by atoms with E-state index in [0.29, 0.717) is 24.4 Å². The molecule has 0 saturated heterocycles. The summed E-state index contributed by atoms with van der Waals surface area (Å²) in [6, 6.07) is 12.6. The van der Waals surface area contributed by atoms with Crippen LogP contribution >= 0.6 is 0 Å². The zero-order valence-corrected chi connectivity index (χ0v) is 12.9. The highest BCUT2D eigenvalue weighted by Gasteiger charge is 2.40. The third kappa shape index (κ3) is 2.52. The Bertz CT molecular complexity index is 817. The molecule has 3 amide bonds. The smallest absolute Gasteiger partial charge is 0.319 e. The number of hydrogen-bond donors (Lipinski definition) is 2. The Kier molecular flexibility index (Phi) is 3.49. The number of pyridine rings is 1. The molecule has 6 heteroatoms. The van der Waals surface area contributed by atoms with Crippen molar-refractivity contribution in [2.24, 2.45) is 0 Å². The van der Waals surface area contributed by atoms with Gasteiger partial charge < -0.3 is 15.5 Å². The average Bonchev–Trinajstić information content (AvgIpc) is 2.91.